The van der Waals surface area contributed by atoms with Gasteiger partial charge in [-0.3, -0.25) is 0 Å². The Kier molecular flexibility index (Phi) is 3.80. The average molecular weight is 373 g/mol. The predicted molar refractivity (Wildman–Crippen MR) is 72.5 cm³/mol. The molecule has 19 heavy (non-hydrogen) atoms. The van der Waals surface area contributed by atoms with Crippen LogP contribution in [-0.4, -0.2) is 4.98 Å². The molecule has 0 fully saturated rings. The van der Waals surface area contributed by atoms with Crippen molar-refractivity contribution >= 4 is 28.3 Å². The maximum atomic E-state index is 13.4. The van der Waals surface area contributed by atoms with Crippen molar-refractivity contribution in [3.63, 3.8) is 0 Å². The van der Waals surface area contributed by atoms with E-state index in [0.29, 0.717) is 15.2 Å². The van der Waals surface area contributed by atoms with Gasteiger partial charge in [0.05, 0.1) is 27.1 Å². The van der Waals surface area contributed by atoms with Crippen LogP contribution in [0, 0.1) is 26.5 Å². The number of rotatable bonds is 2. The third kappa shape index (κ3) is 2.90. The highest BCUT2D eigenvalue weighted by Gasteiger charge is 2.14. The number of nitriles is 1. The first kappa shape index (κ1) is 13.5. The van der Waals surface area contributed by atoms with E-state index in [2.05, 4.69) is 4.98 Å². The fourth-order valence-corrected chi connectivity index (χ4v) is 2.12. The van der Waals surface area contributed by atoms with Crippen LogP contribution in [0.25, 0.3) is 0 Å². The SMILES string of the molecule is N#Cc1cc(N)c(Oc2ncc(F)cc2F)c(I)c1. The van der Waals surface area contributed by atoms with Gasteiger partial charge in [0.1, 0.15) is 5.82 Å². The Balaban J connectivity index is 2.41. The second kappa shape index (κ2) is 5.36. The van der Waals surface area contributed by atoms with E-state index in [1.165, 1.54) is 12.1 Å². The zero-order valence-corrected chi connectivity index (χ0v) is 11.5. The van der Waals surface area contributed by atoms with Gasteiger partial charge in [-0.2, -0.15) is 5.26 Å². The van der Waals surface area contributed by atoms with Gasteiger partial charge in [0, 0.05) is 6.07 Å². The summed E-state index contributed by atoms with van der Waals surface area (Å²) in [6.07, 6.45) is 0.838. The monoisotopic (exact) mass is 373 g/mol. The van der Waals surface area contributed by atoms with Gasteiger partial charge in [-0.25, -0.2) is 13.8 Å². The van der Waals surface area contributed by atoms with Gasteiger partial charge in [-0.1, -0.05) is 0 Å². The Morgan fingerprint density at radius 2 is 2.05 bits per heavy atom. The zero-order valence-electron chi connectivity index (χ0n) is 9.32. The lowest BCUT2D eigenvalue weighted by atomic mass is 10.2. The Morgan fingerprint density at radius 1 is 1.32 bits per heavy atom. The number of hydrogen-bond acceptors (Lipinski definition) is 4. The lowest BCUT2D eigenvalue weighted by Gasteiger charge is -2.10. The maximum absolute atomic E-state index is 13.4. The fraction of sp³-hybridized carbons (Fsp3) is 0. The van der Waals surface area contributed by atoms with Gasteiger partial charge in [0.2, 0.25) is 0 Å². The Hall–Kier alpha value is -1.95. The molecule has 0 saturated heterocycles. The van der Waals surface area contributed by atoms with E-state index in [1.807, 2.05) is 28.7 Å². The number of nitrogens with zero attached hydrogens (tertiary/aromatic N) is 2. The van der Waals surface area contributed by atoms with Crippen LogP contribution < -0.4 is 10.5 Å². The molecule has 0 amide bonds. The first-order valence-corrected chi connectivity index (χ1v) is 6.07. The van der Waals surface area contributed by atoms with E-state index in [9.17, 15) is 8.78 Å². The summed E-state index contributed by atoms with van der Waals surface area (Å²) in [6, 6.07) is 5.54. The van der Waals surface area contributed by atoms with E-state index in [4.69, 9.17) is 15.7 Å². The molecule has 1 heterocycles. The normalized spacial score (nSPS) is 10.0. The standard InChI is InChI=1S/C12H6F2IN3O/c13-7-3-8(14)12(18-5-7)19-11-9(15)1-6(4-16)2-10(11)17/h1-3,5H,17H2. The van der Waals surface area contributed by atoms with Gasteiger partial charge in [-0.15, -0.1) is 0 Å². The molecule has 0 saturated carbocycles. The molecular formula is C12H6F2IN3O. The molecule has 0 aliphatic carbocycles. The first-order chi connectivity index (χ1) is 9.01. The quantitative estimate of drug-likeness (QED) is 0.648. The van der Waals surface area contributed by atoms with Crippen LogP contribution in [0.1, 0.15) is 5.56 Å². The van der Waals surface area contributed by atoms with E-state index in [0.717, 1.165) is 6.20 Å². The average Bonchev–Trinajstić information content (AvgIpc) is 2.35. The molecular weight excluding hydrogens is 367 g/mol. The number of ether oxygens (including phenoxy) is 1. The highest BCUT2D eigenvalue weighted by molar-refractivity contribution is 14.1. The topological polar surface area (TPSA) is 71.9 Å². The number of halogens is 3. The van der Waals surface area contributed by atoms with E-state index < -0.39 is 11.6 Å². The molecule has 0 bridgehead atoms. The minimum atomic E-state index is -0.931. The van der Waals surface area contributed by atoms with Crippen molar-refractivity contribution in [1.82, 2.24) is 4.98 Å². The van der Waals surface area contributed by atoms with Crippen LogP contribution in [-0.2, 0) is 0 Å². The molecule has 1 aromatic heterocycles. The van der Waals surface area contributed by atoms with Crippen molar-refractivity contribution in [1.29, 1.82) is 5.26 Å². The second-order valence-corrected chi connectivity index (χ2v) is 4.69. The molecule has 0 atom stereocenters. The summed E-state index contributed by atoms with van der Waals surface area (Å²) in [5.74, 6) is -1.93. The first-order valence-electron chi connectivity index (χ1n) is 4.99. The third-order valence-electron chi connectivity index (χ3n) is 2.17. The van der Waals surface area contributed by atoms with Crippen LogP contribution >= 0.6 is 22.6 Å². The summed E-state index contributed by atoms with van der Waals surface area (Å²) in [7, 11) is 0. The number of aromatic nitrogens is 1. The summed E-state index contributed by atoms with van der Waals surface area (Å²) in [5, 5.41) is 8.78. The molecule has 96 valence electrons. The number of benzene rings is 1. The summed E-state index contributed by atoms with van der Waals surface area (Å²) in [5.41, 5.74) is 6.26. The molecule has 2 rings (SSSR count). The van der Waals surface area contributed by atoms with E-state index in [1.54, 1.807) is 0 Å². The van der Waals surface area contributed by atoms with E-state index in [-0.39, 0.29) is 17.3 Å². The number of nitrogen functional groups attached to an aromatic ring is 1. The number of pyridine rings is 1. The molecule has 0 radical (unpaired) electrons. The predicted octanol–water partition coefficient (Wildman–Crippen LogP) is 3.21. The van der Waals surface area contributed by atoms with Crippen LogP contribution in [0.15, 0.2) is 24.4 Å². The number of anilines is 1. The molecule has 0 spiro atoms. The van der Waals surface area contributed by atoms with Crippen molar-refractivity contribution in [3.05, 3.63) is 45.2 Å². The molecule has 7 heteroatoms. The lowest BCUT2D eigenvalue weighted by Crippen LogP contribution is -1.99. The Morgan fingerprint density at radius 3 is 2.63 bits per heavy atom. The number of hydrogen-bond donors (Lipinski definition) is 1. The Bertz CT molecular complexity index is 662. The summed E-state index contributed by atoms with van der Waals surface area (Å²) in [6.45, 7) is 0. The molecule has 2 aromatic rings. The lowest BCUT2D eigenvalue weighted by molar-refractivity contribution is 0.416. The van der Waals surface area contributed by atoms with Gasteiger partial charge < -0.3 is 10.5 Å². The smallest absolute Gasteiger partial charge is 0.256 e. The largest absolute Gasteiger partial charge is 0.433 e. The fourth-order valence-electron chi connectivity index (χ4n) is 1.36. The van der Waals surface area contributed by atoms with Crippen molar-refractivity contribution in [2.75, 3.05) is 5.73 Å². The molecule has 1 aromatic carbocycles. The van der Waals surface area contributed by atoms with Crippen LogP contribution in [0.4, 0.5) is 14.5 Å². The summed E-state index contributed by atoms with van der Waals surface area (Å²) < 4.78 is 31.9. The maximum Gasteiger partial charge on any atom is 0.256 e. The van der Waals surface area contributed by atoms with Gasteiger partial charge in [0.15, 0.2) is 11.6 Å². The Labute approximate surface area is 121 Å². The summed E-state index contributed by atoms with van der Waals surface area (Å²) in [4.78, 5) is 3.50. The van der Waals surface area contributed by atoms with Crippen molar-refractivity contribution in [3.8, 4) is 17.7 Å². The third-order valence-corrected chi connectivity index (χ3v) is 2.98. The van der Waals surface area contributed by atoms with Crippen molar-refractivity contribution < 1.29 is 13.5 Å². The molecule has 0 unspecified atom stereocenters. The van der Waals surface area contributed by atoms with Crippen molar-refractivity contribution in [2.24, 2.45) is 0 Å². The second-order valence-electron chi connectivity index (χ2n) is 3.53. The van der Waals surface area contributed by atoms with Gasteiger partial charge >= 0.3 is 0 Å². The minimum absolute atomic E-state index is 0.175. The minimum Gasteiger partial charge on any atom is -0.433 e. The van der Waals surface area contributed by atoms with Gasteiger partial charge in [-0.05, 0) is 34.7 Å². The van der Waals surface area contributed by atoms with Crippen LogP contribution in [0.3, 0.4) is 0 Å². The van der Waals surface area contributed by atoms with Crippen molar-refractivity contribution in [2.45, 2.75) is 0 Å². The van der Waals surface area contributed by atoms with Crippen LogP contribution in [0.5, 0.6) is 11.6 Å². The number of nitrogens with two attached hydrogens (primary N) is 1. The molecule has 0 aliphatic rings. The molecule has 2 N–H and O–H groups in total. The van der Waals surface area contributed by atoms with E-state index >= 15 is 0 Å². The van der Waals surface area contributed by atoms with Gasteiger partial charge in [0.25, 0.3) is 5.88 Å². The zero-order chi connectivity index (χ0) is 14.0. The highest BCUT2D eigenvalue weighted by Crippen LogP contribution is 2.33. The molecule has 4 nitrogen and oxygen atoms in total. The summed E-state index contributed by atoms with van der Waals surface area (Å²) >= 11 is 1.90. The van der Waals surface area contributed by atoms with Crippen LogP contribution in [0.2, 0.25) is 0 Å². The highest BCUT2D eigenvalue weighted by atomic mass is 127. The molecule has 0 aliphatic heterocycles.